The lowest BCUT2D eigenvalue weighted by Gasteiger charge is -2.30. The van der Waals surface area contributed by atoms with Crippen LogP contribution in [0.5, 0.6) is 0 Å². The smallest absolute Gasteiger partial charge is 0.287 e. The fourth-order valence-corrected chi connectivity index (χ4v) is 5.88. The molecule has 0 saturated heterocycles. The summed E-state index contributed by atoms with van der Waals surface area (Å²) in [6.45, 7) is 11.1. The van der Waals surface area contributed by atoms with E-state index in [9.17, 15) is 13.8 Å². The highest BCUT2D eigenvalue weighted by Gasteiger charge is 2.53. The van der Waals surface area contributed by atoms with Gasteiger partial charge in [-0.3, -0.25) is 13.8 Å². The monoisotopic (exact) mass is 490 g/mol. The number of aryl methyl sites for hydroxylation is 1. The molecule has 0 spiro atoms. The number of hydrogen-bond donors (Lipinski definition) is 1. The van der Waals surface area contributed by atoms with Crippen LogP contribution in [-0.4, -0.2) is 53.6 Å². The van der Waals surface area contributed by atoms with Crippen LogP contribution in [0.2, 0.25) is 5.02 Å². The first kappa shape index (κ1) is 25.2. The van der Waals surface area contributed by atoms with Gasteiger partial charge < -0.3 is 14.8 Å². The molecule has 7 nitrogen and oxygen atoms in total. The number of aromatic nitrogens is 2. The Morgan fingerprint density at radius 3 is 2.61 bits per heavy atom. The van der Waals surface area contributed by atoms with Crippen LogP contribution in [0.25, 0.3) is 0 Å². The summed E-state index contributed by atoms with van der Waals surface area (Å²) in [6.07, 6.45) is 5.81. The second-order valence-electron chi connectivity index (χ2n) is 9.02. The van der Waals surface area contributed by atoms with Gasteiger partial charge in [0, 0.05) is 53.9 Å². The Kier molecular flexibility index (Phi) is 7.80. The third kappa shape index (κ3) is 5.92. The summed E-state index contributed by atoms with van der Waals surface area (Å²) in [5.41, 5.74) is 1.76. The topological polar surface area (TPSA) is 84.3 Å². The Balaban J connectivity index is 1.62. The molecule has 1 atom stereocenters. The molecule has 1 heterocycles. The number of nitrogens with zero attached hydrogens (tertiary/aromatic N) is 3. The maximum Gasteiger partial charge on any atom is 0.287 e. The summed E-state index contributed by atoms with van der Waals surface area (Å²) in [5.74, 6) is 0.00742. The molecule has 0 bridgehead atoms. The minimum absolute atomic E-state index is 0.289. The molecule has 9 heteroatoms. The summed E-state index contributed by atoms with van der Waals surface area (Å²) in [6, 6.07) is 7.26. The van der Waals surface area contributed by atoms with E-state index in [2.05, 4.69) is 16.9 Å². The second-order valence-corrected chi connectivity index (χ2v) is 11.9. The highest BCUT2D eigenvalue weighted by Crippen LogP contribution is 2.46. The zero-order valence-corrected chi connectivity index (χ0v) is 20.9. The van der Waals surface area contributed by atoms with E-state index in [1.807, 2.05) is 32.9 Å². The quantitative estimate of drug-likeness (QED) is 0.364. The van der Waals surface area contributed by atoms with E-state index in [-0.39, 0.29) is 10.7 Å². The van der Waals surface area contributed by atoms with Gasteiger partial charge in [-0.05, 0) is 51.3 Å². The van der Waals surface area contributed by atoms with Crippen molar-refractivity contribution in [2.75, 3.05) is 13.1 Å². The van der Waals surface area contributed by atoms with Crippen molar-refractivity contribution < 1.29 is 13.8 Å². The van der Waals surface area contributed by atoms with Crippen LogP contribution in [0.15, 0.2) is 43.1 Å². The summed E-state index contributed by atoms with van der Waals surface area (Å²) in [7, 11) is -1.14. The highest BCUT2D eigenvalue weighted by molar-refractivity contribution is 7.88. The van der Waals surface area contributed by atoms with Crippen molar-refractivity contribution in [2.24, 2.45) is 0 Å². The van der Waals surface area contributed by atoms with Crippen molar-refractivity contribution in [3.05, 3.63) is 65.2 Å². The van der Waals surface area contributed by atoms with Crippen molar-refractivity contribution in [1.82, 2.24) is 19.8 Å². The van der Waals surface area contributed by atoms with Crippen LogP contribution in [0.1, 0.15) is 48.6 Å². The van der Waals surface area contributed by atoms with E-state index in [1.165, 1.54) is 0 Å². The molecule has 1 saturated carbocycles. The molecule has 2 amide bonds. The third-order valence-corrected chi connectivity index (χ3v) is 8.74. The van der Waals surface area contributed by atoms with E-state index < -0.39 is 15.5 Å². The zero-order valence-electron chi connectivity index (χ0n) is 19.3. The van der Waals surface area contributed by atoms with Crippen LogP contribution in [0, 0.1) is 6.92 Å². The number of carbonyl (C=O) groups excluding carboxylic acids is 2. The first-order valence-electron chi connectivity index (χ1n) is 10.9. The Labute approximate surface area is 202 Å². The van der Waals surface area contributed by atoms with Gasteiger partial charge in [-0.15, -0.1) is 6.58 Å². The van der Waals surface area contributed by atoms with Crippen LogP contribution < -0.4 is 5.32 Å². The summed E-state index contributed by atoms with van der Waals surface area (Å²) < 4.78 is 14.0. The minimum Gasteiger partial charge on any atom is -0.345 e. The number of nitrogens with one attached hydrogen (secondary N) is 1. The Morgan fingerprint density at radius 1 is 1.36 bits per heavy atom. The molecular weight excluding hydrogens is 460 g/mol. The minimum atomic E-state index is -1.14. The van der Waals surface area contributed by atoms with Gasteiger partial charge in [-0.2, -0.15) is 0 Å². The second kappa shape index (κ2) is 10.2. The predicted octanol–water partition coefficient (Wildman–Crippen LogP) is 3.48. The first-order valence-corrected chi connectivity index (χ1v) is 12.4. The van der Waals surface area contributed by atoms with Crippen molar-refractivity contribution in [1.29, 1.82) is 0 Å². The van der Waals surface area contributed by atoms with Crippen molar-refractivity contribution >= 4 is 34.7 Å². The summed E-state index contributed by atoms with van der Waals surface area (Å²) >= 11 is 5.91. The van der Waals surface area contributed by atoms with Crippen LogP contribution >= 0.6 is 11.6 Å². The Bertz CT molecular complexity index is 1040. The van der Waals surface area contributed by atoms with Gasteiger partial charge >= 0.3 is 0 Å². The van der Waals surface area contributed by atoms with Gasteiger partial charge in [0.25, 0.3) is 5.91 Å². The van der Waals surface area contributed by atoms with E-state index >= 15 is 0 Å². The molecule has 0 radical (unpaired) electrons. The van der Waals surface area contributed by atoms with Crippen molar-refractivity contribution in [3.63, 3.8) is 0 Å². The molecule has 1 aliphatic rings. The zero-order chi connectivity index (χ0) is 24.2. The first-order chi connectivity index (χ1) is 15.6. The number of hydrogen-bond acceptors (Lipinski definition) is 4. The lowest BCUT2D eigenvalue weighted by Crippen LogP contribution is -2.43. The molecule has 2 aromatic rings. The highest BCUT2D eigenvalue weighted by atomic mass is 35.5. The van der Waals surface area contributed by atoms with Gasteiger partial charge in [0.1, 0.15) is 0 Å². The lowest BCUT2D eigenvalue weighted by atomic mass is 10.2. The summed E-state index contributed by atoms with van der Waals surface area (Å²) in [5, 5.41) is 3.52. The molecule has 1 unspecified atom stereocenters. The summed E-state index contributed by atoms with van der Waals surface area (Å²) in [4.78, 5) is 30.5. The van der Waals surface area contributed by atoms with E-state index in [1.54, 1.807) is 33.9 Å². The number of benzene rings is 1. The average Bonchev–Trinajstić information content (AvgIpc) is 3.50. The molecule has 1 aromatic heterocycles. The van der Waals surface area contributed by atoms with Crippen LogP contribution in [-0.2, 0) is 28.7 Å². The normalized spacial score (nSPS) is 15.5. The van der Waals surface area contributed by atoms with E-state index in [0.29, 0.717) is 37.0 Å². The maximum absolute atomic E-state index is 13.1. The molecule has 3 rings (SSSR count). The average molecular weight is 491 g/mol. The van der Waals surface area contributed by atoms with E-state index in [4.69, 9.17) is 11.6 Å². The van der Waals surface area contributed by atoms with Crippen LogP contribution in [0.3, 0.4) is 0 Å². The molecule has 1 fully saturated rings. The molecule has 33 heavy (non-hydrogen) atoms. The fraction of sp³-hybridized carbons (Fsp3) is 0.458. The lowest BCUT2D eigenvalue weighted by molar-refractivity contribution is -0.118. The van der Waals surface area contributed by atoms with Gasteiger partial charge in [-0.25, -0.2) is 4.98 Å². The number of rotatable bonds is 12. The molecule has 0 aliphatic heterocycles. The molecular formula is C24H31ClN4O3S. The fourth-order valence-electron chi connectivity index (χ4n) is 3.73. The van der Waals surface area contributed by atoms with Gasteiger partial charge in [0.05, 0.1) is 9.49 Å². The number of amides is 2. The van der Waals surface area contributed by atoms with Crippen molar-refractivity contribution in [3.8, 4) is 0 Å². The molecule has 1 aliphatic carbocycles. The Hall–Kier alpha value is -2.45. The number of imidazole rings is 1. The maximum atomic E-state index is 13.1. The van der Waals surface area contributed by atoms with Crippen LogP contribution in [0.4, 0.5) is 0 Å². The number of carbonyl (C=O) groups is 2. The van der Waals surface area contributed by atoms with E-state index in [0.717, 1.165) is 30.5 Å². The SMILES string of the molecule is C=CC(C)(C)S(=O)C1(CN(C=O)CCn2c(C)cnc2C(=O)NCc2ccc(Cl)cc2)CC1. The molecule has 178 valence electrons. The number of halogens is 1. The molecule has 1 aromatic carbocycles. The van der Waals surface area contributed by atoms with Gasteiger partial charge in [0.15, 0.2) is 5.82 Å². The van der Waals surface area contributed by atoms with Crippen molar-refractivity contribution in [2.45, 2.75) is 56.2 Å². The largest absolute Gasteiger partial charge is 0.345 e. The molecule has 1 N–H and O–H groups in total. The van der Waals surface area contributed by atoms with Gasteiger partial charge in [-0.1, -0.05) is 29.8 Å². The predicted molar refractivity (Wildman–Crippen MR) is 132 cm³/mol. The third-order valence-electron chi connectivity index (χ3n) is 6.05. The standard InChI is InChI=1S/C24H31ClN4O3S/c1-5-23(3,4)33(32)24(10-11-24)16-28(17-30)12-13-29-18(2)14-26-21(29)22(31)27-15-19-6-8-20(25)9-7-19/h5-9,14,17H,1,10-13,15-16H2,2-4H3,(H,27,31). The Morgan fingerprint density at radius 2 is 2.03 bits per heavy atom. The van der Waals surface area contributed by atoms with Gasteiger partial charge in [0.2, 0.25) is 6.41 Å².